The van der Waals surface area contributed by atoms with Crippen LogP contribution in [-0.4, -0.2) is 38.3 Å². The lowest BCUT2D eigenvalue weighted by Crippen LogP contribution is -3.00. The van der Waals surface area contributed by atoms with Gasteiger partial charge in [-0.2, -0.15) is 0 Å². The van der Waals surface area contributed by atoms with Crippen LogP contribution in [0.1, 0.15) is 5.56 Å². The Morgan fingerprint density at radius 2 is 1.38 bits per heavy atom. The molecule has 0 atom stereocenters. The van der Waals surface area contributed by atoms with Gasteiger partial charge in [0, 0.05) is 5.56 Å². The van der Waals surface area contributed by atoms with E-state index in [1.807, 2.05) is 60.7 Å². The zero-order chi connectivity index (χ0) is 16.4. The van der Waals surface area contributed by atoms with E-state index in [0.717, 1.165) is 28.9 Å². The molecule has 2 aromatic carbocycles. The number of benzene rings is 2. The van der Waals surface area contributed by atoms with Gasteiger partial charge in [0.05, 0.1) is 14.1 Å². The maximum Gasteiger partial charge on any atom is 0.149 e. The number of nitrogens with zero attached hydrogens (tertiary/aromatic N) is 1. The van der Waals surface area contributed by atoms with Gasteiger partial charge in [-0.15, -0.1) is 0 Å². The van der Waals surface area contributed by atoms with Crippen LogP contribution in [0.15, 0.2) is 60.7 Å². The third-order valence-electron chi connectivity index (χ3n) is 3.20. The average molecular weight is 384 g/mol. The first kappa shape index (κ1) is 19.8. The van der Waals surface area contributed by atoms with E-state index in [1.165, 1.54) is 0 Å². The fourth-order valence-electron chi connectivity index (χ4n) is 1.89. The summed E-state index contributed by atoms with van der Waals surface area (Å²) in [4.78, 5) is 0. The quantitative estimate of drug-likeness (QED) is 0.541. The molecule has 2 nitrogen and oxygen atoms in total. The van der Waals surface area contributed by atoms with E-state index in [2.05, 4.69) is 37.8 Å². The van der Waals surface area contributed by atoms with Crippen LogP contribution < -0.4 is 21.7 Å². The monoisotopic (exact) mass is 383 g/mol. The second kappa shape index (κ2) is 10.6. The van der Waals surface area contributed by atoms with E-state index < -0.39 is 0 Å². The Morgan fingerprint density at radius 1 is 0.792 bits per heavy atom. The van der Waals surface area contributed by atoms with Crippen molar-refractivity contribution in [1.29, 1.82) is 0 Å². The minimum atomic E-state index is 0. The van der Waals surface area contributed by atoms with Gasteiger partial charge >= 0.3 is 0 Å². The van der Waals surface area contributed by atoms with Crippen LogP contribution in [0.25, 0.3) is 0 Å². The highest BCUT2D eigenvalue weighted by molar-refractivity contribution is 5.33. The molecule has 0 spiro atoms. The molecule has 0 aromatic heterocycles. The Kier molecular flexibility index (Phi) is 8.72. The van der Waals surface area contributed by atoms with Crippen molar-refractivity contribution in [2.45, 2.75) is 0 Å². The Hall–Kier alpha value is -2.20. The number of quaternary nitrogens is 1. The molecule has 0 saturated heterocycles. The summed E-state index contributed by atoms with van der Waals surface area (Å²) >= 11 is 0. The Morgan fingerprint density at radius 3 is 2.04 bits per heavy atom. The van der Waals surface area contributed by atoms with Crippen LogP contribution in [0.3, 0.4) is 0 Å². The van der Waals surface area contributed by atoms with Crippen molar-refractivity contribution in [3.05, 3.63) is 66.2 Å². The minimum Gasteiger partial charge on any atom is -1.00 e. The maximum absolute atomic E-state index is 5.55. The Balaban J connectivity index is 0.00000288. The number of hydrogen-bond donors (Lipinski definition) is 0. The standard InChI is InChI=1S/C21H22NO.BrH/c1-22(2,18-11-14-20-12-5-3-6-13-20)17-9-10-19-23-21-15-7-4-8-16-21;/h3-8,12-13,15-16H,17-19H2,1-2H3;1H/q+1;/p-1. The molecule has 0 unspecified atom stereocenters. The molecular formula is C21H22BrNO. The molecule has 3 heteroatoms. The van der Waals surface area contributed by atoms with Crippen LogP contribution >= 0.6 is 0 Å². The predicted octanol–water partition coefficient (Wildman–Crippen LogP) is 0.201. The summed E-state index contributed by atoms with van der Waals surface area (Å²) in [5.74, 6) is 13.5. The molecule has 124 valence electrons. The van der Waals surface area contributed by atoms with E-state index >= 15 is 0 Å². The van der Waals surface area contributed by atoms with E-state index in [4.69, 9.17) is 4.74 Å². The summed E-state index contributed by atoms with van der Waals surface area (Å²) in [6.45, 7) is 1.93. The minimum absolute atomic E-state index is 0. The van der Waals surface area contributed by atoms with Crippen molar-refractivity contribution in [3.8, 4) is 29.4 Å². The van der Waals surface area contributed by atoms with E-state index in [0.29, 0.717) is 6.61 Å². The third-order valence-corrected chi connectivity index (χ3v) is 3.20. The smallest absolute Gasteiger partial charge is 0.149 e. The summed E-state index contributed by atoms with van der Waals surface area (Å²) < 4.78 is 6.30. The highest BCUT2D eigenvalue weighted by atomic mass is 79.9. The zero-order valence-corrected chi connectivity index (χ0v) is 15.7. The first-order valence-electron chi connectivity index (χ1n) is 7.65. The SMILES string of the molecule is C[N+](C)(CC#CCOc1ccccc1)CC#Cc1ccccc1.[Br-]. The molecule has 0 radical (unpaired) electrons. The highest BCUT2D eigenvalue weighted by Crippen LogP contribution is 2.07. The van der Waals surface area contributed by atoms with Crippen molar-refractivity contribution in [1.82, 2.24) is 0 Å². The average Bonchev–Trinajstić information content (AvgIpc) is 2.56. The first-order valence-corrected chi connectivity index (χ1v) is 7.65. The Labute approximate surface area is 155 Å². The predicted molar refractivity (Wildman–Crippen MR) is 94.9 cm³/mol. The largest absolute Gasteiger partial charge is 1.00 e. The molecule has 2 rings (SSSR count). The zero-order valence-electron chi connectivity index (χ0n) is 14.1. The van der Waals surface area contributed by atoms with Gasteiger partial charge in [0.2, 0.25) is 0 Å². The van der Waals surface area contributed by atoms with Gasteiger partial charge in [0.1, 0.15) is 25.4 Å². The summed E-state index contributed by atoms with van der Waals surface area (Å²) in [5, 5.41) is 0. The lowest BCUT2D eigenvalue weighted by atomic mass is 10.2. The fourth-order valence-corrected chi connectivity index (χ4v) is 1.89. The van der Waals surface area contributed by atoms with Crippen LogP contribution in [0, 0.1) is 23.7 Å². The van der Waals surface area contributed by atoms with Crippen LogP contribution in [0.4, 0.5) is 0 Å². The molecule has 0 N–H and O–H groups in total. The van der Waals surface area contributed by atoms with Crippen molar-refractivity contribution < 1.29 is 26.2 Å². The number of hydrogen-bond acceptors (Lipinski definition) is 1. The molecule has 0 heterocycles. The fraction of sp³-hybridized carbons (Fsp3) is 0.238. The number of halogens is 1. The van der Waals surface area contributed by atoms with Gasteiger partial charge in [-0.3, -0.25) is 0 Å². The highest BCUT2D eigenvalue weighted by Gasteiger charge is 2.10. The van der Waals surface area contributed by atoms with Crippen LogP contribution in [-0.2, 0) is 0 Å². The van der Waals surface area contributed by atoms with E-state index in [-0.39, 0.29) is 17.0 Å². The number of rotatable bonds is 4. The van der Waals surface area contributed by atoms with Gasteiger partial charge in [-0.05, 0) is 36.1 Å². The van der Waals surface area contributed by atoms with Gasteiger partial charge in [0.25, 0.3) is 0 Å². The second-order valence-electron chi connectivity index (χ2n) is 5.88. The summed E-state index contributed by atoms with van der Waals surface area (Å²) in [6.07, 6.45) is 0. The number of ether oxygens (including phenoxy) is 1. The lowest BCUT2D eigenvalue weighted by Gasteiger charge is -2.24. The van der Waals surface area contributed by atoms with Gasteiger partial charge < -0.3 is 26.2 Å². The molecule has 0 aliphatic rings. The molecule has 0 amide bonds. The number of para-hydroxylation sites is 1. The molecular weight excluding hydrogens is 362 g/mol. The van der Waals surface area contributed by atoms with Crippen LogP contribution in [0.2, 0.25) is 0 Å². The second-order valence-corrected chi connectivity index (χ2v) is 5.88. The molecule has 24 heavy (non-hydrogen) atoms. The molecule has 0 saturated carbocycles. The van der Waals surface area contributed by atoms with Crippen molar-refractivity contribution in [2.24, 2.45) is 0 Å². The molecule has 0 aliphatic carbocycles. The molecule has 0 fully saturated rings. The Bertz CT molecular complexity index is 718. The summed E-state index contributed by atoms with van der Waals surface area (Å²) in [5.41, 5.74) is 1.05. The van der Waals surface area contributed by atoms with Gasteiger partial charge in [0.15, 0.2) is 0 Å². The normalized spacial score (nSPS) is 9.58. The van der Waals surface area contributed by atoms with E-state index in [9.17, 15) is 0 Å². The summed E-state index contributed by atoms with van der Waals surface area (Å²) in [6, 6.07) is 19.8. The third kappa shape index (κ3) is 7.88. The van der Waals surface area contributed by atoms with Crippen LogP contribution in [0.5, 0.6) is 5.75 Å². The van der Waals surface area contributed by atoms with Crippen molar-refractivity contribution in [2.75, 3.05) is 33.8 Å². The molecule has 0 bridgehead atoms. The van der Waals surface area contributed by atoms with Gasteiger partial charge in [-0.25, -0.2) is 0 Å². The van der Waals surface area contributed by atoms with Crippen molar-refractivity contribution in [3.63, 3.8) is 0 Å². The lowest BCUT2D eigenvalue weighted by molar-refractivity contribution is -0.875. The van der Waals surface area contributed by atoms with Crippen molar-refractivity contribution >= 4 is 0 Å². The summed E-state index contributed by atoms with van der Waals surface area (Å²) in [7, 11) is 4.26. The first-order chi connectivity index (χ1) is 11.2. The molecule has 2 aromatic rings. The van der Waals surface area contributed by atoms with Gasteiger partial charge in [-0.1, -0.05) is 48.2 Å². The topological polar surface area (TPSA) is 9.23 Å². The van der Waals surface area contributed by atoms with E-state index in [1.54, 1.807) is 0 Å². The maximum atomic E-state index is 5.55. The molecule has 0 aliphatic heterocycles.